The van der Waals surface area contributed by atoms with Crippen molar-refractivity contribution in [1.82, 2.24) is 20.4 Å². The number of methoxy groups -OCH3 is 2. The van der Waals surface area contributed by atoms with E-state index in [1.54, 1.807) is 60.7 Å². The van der Waals surface area contributed by atoms with Gasteiger partial charge in [-0.3, -0.25) is 19.2 Å². The van der Waals surface area contributed by atoms with Crippen molar-refractivity contribution < 1.29 is 57.3 Å². The van der Waals surface area contributed by atoms with Crippen molar-refractivity contribution in [2.45, 2.75) is 81.2 Å². The molecule has 0 aliphatic carbocycles. The fraction of sp³-hybridized carbons (Fsp3) is 0.436. The highest BCUT2D eigenvalue weighted by Crippen LogP contribution is 2.33. The molecule has 0 spiro atoms. The van der Waals surface area contributed by atoms with E-state index in [1.807, 2.05) is 0 Å². The molecule has 6 atom stereocenters. The van der Waals surface area contributed by atoms with Gasteiger partial charge in [0.05, 0.1) is 14.2 Å². The molecule has 2 aromatic rings. The third-order valence-electron chi connectivity index (χ3n) is 10.5. The van der Waals surface area contributed by atoms with Gasteiger partial charge in [-0.05, 0) is 56.1 Å². The van der Waals surface area contributed by atoms with Crippen LogP contribution in [0.3, 0.4) is 0 Å². The Bertz CT molecular complexity index is 1880. The van der Waals surface area contributed by atoms with Crippen molar-refractivity contribution in [2.75, 3.05) is 27.4 Å². The molecule has 16 nitrogen and oxygen atoms in total. The van der Waals surface area contributed by atoms with E-state index in [1.165, 1.54) is 24.0 Å². The molecule has 6 unspecified atom stereocenters. The van der Waals surface area contributed by atoms with Crippen molar-refractivity contribution in [3.8, 4) is 11.1 Å². The first-order chi connectivity index (χ1) is 26.5. The summed E-state index contributed by atoms with van der Waals surface area (Å²) in [5.74, 6) is -3.11. The van der Waals surface area contributed by atoms with E-state index < -0.39 is 79.0 Å². The highest BCUT2D eigenvalue weighted by Gasteiger charge is 2.47. The molecular weight excluding hydrogens is 716 g/mol. The fourth-order valence-corrected chi connectivity index (χ4v) is 7.61. The number of esters is 2. The van der Waals surface area contributed by atoms with Crippen LogP contribution in [-0.4, -0.2) is 121 Å². The van der Waals surface area contributed by atoms with Crippen molar-refractivity contribution in [1.29, 1.82) is 0 Å². The second-order valence-corrected chi connectivity index (χ2v) is 13.7. The van der Waals surface area contributed by atoms with Crippen molar-refractivity contribution >= 4 is 47.5 Å². The third kappa shape index (κ3) is 8.53. The van der Waals surface area contributed by atoms with Crippen molar-refractivity contribution in [2.24, 2.45) is 0 Å². The van der Waals surface area contributed by atoms with Gasteiger partial charge in [-0.25, -0.2) is 19.2 Å². The first kappa shape index (κ1) is 38.7. The summed E-state index contributed by atoms with van der Waals surface area (Å²) >= 11 is 0. The standard InChI is InChI=1S/C39H42N4O12/c1-52-38(50)40-28-17-14-26-4-3-5-30(42(26)34(28)46)36(48)54-20-32(44)24-10-6-22(7-11-24)23-8-12-25(13-9-23)33(45)21-55-37(49)31-19-16-27-15-18-29(35(47)43(27)31)41-39(51)53-2/h3,5-13,26-31H,4,14-21H2,1-2H3,(H,40,50)(H,41,51). The summed E-state index contributed by atoms with van der Waals surface area (Å²) in [5.41, 5.74) is 2.11. The molecule has 0 saturated carbocycles. The Balaban J connectivity index is 0.985. The lowest BCUT2D eigenvalue weighted by atomic mass is 9.90. The average Bonchev–Trinajstić information content (AvgIpc) is 3.66. The number of carbonyl (C=O) groups is 8. The highest BCUT2D eigenvalue weighted by atomic mass is 16.6. The van der Waals surface area contributed by atoms with Crippen LogP contribution in [0.25, 0.3) is 11.1 Å². The summed E-state index contributed by atoms with van der Waals surface area (Å²) in [7, 11) is 2.40. The van der Waals surface area contributed by atoms with Crippen LogP contribution in [0.5, 0.6) is 0 Å². The number of nitrogens with zero attached hydrogens (tertiary/aromatic N) is 2. The number of ketones is 2. The Kier molecular flexibility index (Phi) is 11.9. The van der Waals surface area contributed by atoms with E-state index >= 15 is 0 Å². The lowest BCUT2D eigenvalue weighted by Crippen LogP contribution is -2.61. The van der Waals surface area contributed by atoms with E-state index in [0.29, 0.717) is 56.1 Å². The number of carbonyl (C=O) groups excluding carboxylic acids is 8. The topological polar surface area (TPSA) is 204 Å². The minimum atomic E-state index is -1.03. The van der Waals surface area contributed by atoms with E-state index in [9.17, 15) is 38.4 Å². The molecular formula is C39H42N4O12. The Labute approximate surface area is 316 Å². The Hall–Kier alpha value is -6.06. The number of nitrogens with one attached hydrogen (secondary N) is 2. The van der Waals surface area contributed by atoms with Crippen LogP contribution in [0.1, 0.15) is 65.7 Å². The number of ether oxygens (including phenoxy) is 4. The highest BCUT2D eigenvalue weighted by molar-refractivity contribution is 6.00. The largest absolute Gasteiger partial charge is 0.456 e. The van der Waals surface area contributed by atoms with Gasteiger partial charge in [-0.2, -0.15) is 0 Å². The van der Waals surface area contributed by atoms with Gasteiger partial charge < -0.3 is 39.4 Å². The van der Waals surface area contributed by atoms with Gasteiger partial charge in [-0.15, -0.1) is 0 Å². The van der Waals surface area contributed by atoms with Gasteiger partial charge in [0.15, 0.2) is 24.8 Å². The van der Waals surface area contributed by atoms with E-state index in [4.69, 9.17) is 9.47 Å². The number of Topliss-reactive ketones (excluding diaryl/α,β-unsaturated/α-hetero) is 2. The minimum absolute atomic E-state index is 0.137. The number of amides is 4. The zero-order chi connectivity index (χ0) is 39.2. The zero-order valence-corrected chi connectivity index (χ0v) is 30.4. The Morgan fingerprint density at radius 1 is 0.618 bits per heavy atom. The van der Waals surface area contributed by atoms with Crippen LogP contribution in [0.4, 0.5) is 9.59 Å². The smallest absolute Gasteiger partial charge is 0.407 e. The Morgan fingerprint density at radius 3 is 1.62 bits per heavy atom. The number of benzene rings is 2. The molecule has 55 heavy (non-hydrogen) atoms. The number of hydrogen-bond donors (Lipinski definition) is 2. The van der Waals surface area contributed by atoms with E-state index in [-0.39, 0.29) is 18.0 Å². The molecule has 0 bridgehead atoms. The van der Waals surface area contributed by atoms with Gasteiger partial charge in [0.1, 0.15) is 24.2 Å². The number of rotatable bonds is 11. The average molecular weight is 759 g/mol. The number of piperidine rings is 2. The second kappa shape index (κ2) is 17.0. The maximum absolute atomic E-state index is 13.2. The van der Waals surface area contributed by atoms with Crippen molar-refractivity contribution in [3.63, 3.8) is 0 Å². The molecule has 4 heterocycles. The molecule has 6 rings (SSSR count). The van der Waals surface area contributed by atoms with Crippen LogP contribution < -0.4 is 10.6 Å². The van der Waals surface area contributed by atoms with Crippen LogP contribution in [0.2, 0.25) is 0 Å². The summed E-state index contributed by atoms with van der Waals surface area (Å²) in [5, 5.41) is 5.01. The molecule has 2 N–H and O–H groups in total. The molecule has 0 radical (unpaired) electrons. The van der Waals surface area contributed by atoms with Crippen LogP contribution in [-0.2, 0) is 38.1 Å². The lowest BCUT2D eigenvalue weighted by molar-refractivity contribution is -0.157. The van der Waals surface area contributed by atoms with E-state index in [2.05, 4.69) is 20.1 Å². The summed E-state index contributed by atoms with van der Waals surface area (Å²) in [6.45, 7) is -1.05. The normalized spacial score (nSPS) is 24.2. The summed E-state index contributed by atoms with van der Waals surface area (Å²) in [4.78, 5) is 104. The maximum Gasteiger partial charge on any atom is 0.407 e. The first-order valence-corrected chi connectivity index (χ1v) is 18.1. The van der Waals surface area contributed by atoms with E-state index in [0.717, 1.165) is 11.1 Å². The van der Waals surface area contributed by atoms with Gasteiger partial charge in [0.25, 0.3) is 0 Å². The second-order valence-electron chi connectivity index (χ2n) is 13.7. The molecule has 0 aromatic heterocycles. The Morgan fingerprint density at radius 2 is 1.09 bits per heavy atom. The molecule has 3 saturated heterocycles. The van der Waals surface area contributed by atoms with Crippen molar-refractivity contribution in [3.05, 3.63) is 71.8 Å². The van der Waals surface area contributed by atoms with Crippen LogP contribution in [0.15, 0.2) is 60.7 Å². The molecule has 290 valence electrons. The van der Waals surface area contributed by atoms with Crippen LogP contribution >= 0.6 is 0 Å². The molecule has 2 aromatic carbocycles. The SMILES string of the molecule is COC(=O)NC1CCC2CC=CC(C(=O)OCC(=O)c3ccc(-c4ccc(C(=O)COC(=O)C5CCC6CCC(NC(=O)OC)C(=O)N65)cc4)cc3)N2C1=O. The summed E-state index contributed by atoms with van der Waals surface area (Å²) in [6, 6.07) is 9.36. The zero-order valence-electron chi connectivity index (χ0n) is 30.4. The molecule has 4 aliphatic heterocycles. The predicted octanol–water partition coefficient (Wildman–Crippen LogP) is 2.73. The number of alkyl carbamates (subject to hydrolysis) is 2. The molecule has 4 aliphatic rings. The van der Waals surface area contributed by atoms with Gasteiger partial charge in [0, 0.05) is 23.2 Å². The summed E-state index contributed by atoms with van der Waals surface area (Å²) in [6.07, 6.45) is 5.51. The summed E-state index contributed by atoms with van der Waals surface area (Å²) < 4.78 is 19.9. The predicted molar refractivity (Wildman–Crippen MR) is 191 cm³/mol. The number of hydrogen-bond acceptors (Lipinski definition) is 12. The number of fused-ring (bicyclic) bond motifs is 2. The monoisotopic (exact) mass is 758 g/mol. The minimum Gasteiger partial charge on any atom is -0.456 e. The fourth-order valence-electron chi connectivity index (χ4n) is 7.61. The third-order valence-corrected chi connectivity index (χ3v) is 10.5. The quantitative estimate of drug-likeness (QED) is 0.147. The lowest BCUT2D eigenvalue weighted by Gasteiger charge is -2.43. The molecule has 4 amide bonds. The van der Waals surface area contributed by atoms with Gasteiger partial charge >= 0.3 is 24.1 Å². The first-order valence-electron chi connectivity index (χ1n) is 18.1. The molecule has 16 heteroatoms. The maximum atomic E-state index is 13.2. The van der Waals surface area contributed by atoms with Gasteiger partial charge in [-0.1, -0.05) is 60.7 Å². The van der Waals surface area contributed by atoms with Crippen LogP contribution in [0, 0.1) is 0 Å². The van der Waals surface area contributed by atoms with Gasteiger partial charge in [0.2, 0.25) is 11.8 Å². The molecule has 3 fully saturated rings.